The number of hydrogen-bond acceptors (Lipinski definition) is 3. The summed E-state index contributed by atoms with van der Waals surface area (Å²) in [5, 5.41) is 0. The number of nitrogens with zero attached hydrogens (tertiary/aromatic N) is 3. The Labute approximate surface area is 128 Å². The number of hydrogen-bond donors (Lipinski definition) is 0. The molecule has 0 fully saturated rings. The van der Waals surface area contributed by atoms with Crippen molar-refractivity contribution in [2.45, 2.75) is 40.0 Å². The molecular weight excluding hydrogens is 270 g/mol. The van der Waals surface area contributed by atoms with Crippen LogP contribution in [0.5, 0.6) is 0 Å². The second-order valence-corrected chi connectivity index (χ2v) is 5.35. The second-order valence-electron chi connectivity index (χ2n) is 5.08. The van der Waals surface area contributed by atoms with E-state index in [1.807, 2.05) is 6.20 Å². The zero-order valence-electron chi connectivity index (χ0n) is 13.3. The predicted octanol–water partition coefficient (Wildman–Crippen LogP) is 3.69. The molecule has 0 N–H and O–H groups in total. The van der Waals surface area contributed by atoms with Gasteiger partial charge in [0.1, 0.15) is 5.82 Å². The molecule has 0 aromatic carbocycles. The smallest absolute Gasteiger partial charge is 0.131 e. The molecular formula is C16H28ClN3. The summed E-state index contributed by atoms with van der Waals surface area (Å²) in [6.07, 6.45) is 3.07. The van der Waals surface area contributed by atoms with Gasteiger partial charge in [-0.05, 0) is 57.1 Å². The van der Waals surface area contributed by atoms with E-state index in [0.717, 1.165) is 44.1 Å². The minimum Gasteiger partial charge on any atom is -0.357 e. The average molecular weight is 298 g/mol. The highest BCUT2D eigenvalue weighted by molar-refractivity contribution is 6.17. The predicted molar refractivity (Wildman–Crippen MR) is 88.8 cm³/mol. The normalized spacial score (nSPS) is 11.1. The van der Waals surface area contributed by atoms with E-state index in [1.54, 1.807) is 0 Å². The molecule has 0 saturated carbocycles. The van der Waals surface area contributed by atoms with Gasteiger partial charge in [-0.15, -0.1) is 11.6 Å². The molecule has 3 nitrogen and oxygen atoms in total. The summed E-state index contributed by atoms with van der Waals surface area (Å²) in [5.41, 5.74) is 2.31. The van der Waals surface area contributed by atoms with Crippen LogP contribution in [-0.2, 0) is 5.88 Å². The lowest BCUT2D eigenvalue weighted by atomic mass is 10.2. The van der Waals surface area contributed by atoms with Gasteiger partial charge in [-0.3, -0.25) is 0 Å². The van der Waals surface area contributed by atoms with Crippen molar-refractivity contribution in [3.8, 4) is 0 Å². The van der Waals surface area contributed by atoms with Crippen LogP contribution in [0.15, 0.2) is 12.3 Å². The number of anilines is 1. The van der Waals surface area contributed by atoms with E-state index in [0.29, 0.717) is 5.88 Å². The lowest BCUT2D eigenvalue weighted by molar-refractivity contribution is 0.300. The van der Waals surface area contributed by atoms with Gasteiger partial charge in [0, 0.05) is 25.2 Å². The first-order valence-corrected chi connectivity index (χ1v) is 8.18. The van der Waals surface area contributed by atoms with E-state index in [1.165, 1.54) is 12.0 Å². The number of aromatic nitrogens is 1. The van der Waals surface area contributed by atoms with Gasteiger partial charge in [-0.2, -0.15) is 0 Å². The van der Waals surface area contributed by atoms with Crippen LogP contribution in [0.3, 0.4) is 0 Å². The third-order valence-electron chi connectivity index (χ3n) is 3.74. The first-order valence-electron chi connectivity index (χ1n) is 7.64. The molecule has 1 aromatic heterocycles. The number of aryl methyl sites for hydroxylation is 1. The summed E-state index contributed by atoms with van der Waals surface area (Å²) in [7, 11) is 0. The van der Waals surface area contributed by atoms with Crippen LogP contribution in [0.2, 0.25) is 0 Å². The highest BCUT2D eigenvalue weighted by Gasteiger charge is 2.10. The molecule has 0 radical (unpaired) electrons. The first-order chi connectivity index (χ1) is 9.65. The summed E-state index contributed by atoms with van der Waals surface area (Å²) >= 11 is 5.86. The SMILES string of the molecule is CCN(CC)CCCN(CC)c1ncc(CCl)cc1C. The van der Waals surface area contributed by atoms with Gasteiger partial charge in [-0.25, -0.2) is 4.98 Å². The van der Waals surface area contributed by atoms with Crippen LogP contribution >= 0.6 is 11.6 Å². The fourth-order valence-electron chi connectivity index (χ4n) is 2.47. The van der Waals surface area contributed by atoms with Crippen LogP contribution < -0.4 is 4.90 Å². The van der Waals surface area contributed by atoms with E-state index in [4.69, 9.17) is 11.6 Å². The van der Waals surface area contributed by atoms with Gasteiger partial charge in [0.15, 0.2) is 0 Å². The van der Waals surface area contributed by atoms with E-state index in [2.05, 4.69) is 48.5 Å². The Kier molecular flexibility index (Phi) is 7.93. The highest BCUT2D eigenvalue weighted by atomic mass is 35.5. The number of alkyl halides is 1. The van der Waals surface area contributed by atoms with Gasteiger partial charge in [0.05, 0.1) is 0 Å². The van der Waals surface area contributed by atoms with Crippen LogP contribution in [0.25, 0.3) is 0 Å². The maximum atomic E-state index is 5.86. The fraction of sp³-hybridized carbons (Fsp3) is 0.688. The molecule has 0 bridgehead atoms. The molecule has 4 heteroatoms. The molecule has 1 aromatic rings. The lowest BCUT2D eigenvalue weighted by Gasteiger charge is -2.25. The summed E-state index contributed by atoms with van der Waals surface area (Å²) in [6, 6.07) is 2.14. The maximum absolute atomic E-state index is 5.86. The molecule has 0 unspecified atom stereocenters. The van der Waals surface area contributed by atoms with Crippen LogP contribution in [0.1, 0.15) is 38.3 Å². The van der Waals surface area contributed by atoms with Gasteiger partial charge < -0.3 is 9.80 Å². The molecule has 1 rings (SSSR count). The molecule has 1 heterocycles. The quantitative estimate of drug-likeness (QED) is 0.648. The Morgan fingerprint density at radius 1 is 1.10 bits per heavy atom. The van der Waals surface area contributed by atoms with Gasteiger partial charge >= 0.3 is 0 Å². The molecule has 0 aliphatic heterocycles. The Morgan fingerprint density at radius 2 is 1.80 bits per heavy atom. The Balaban J connectivity index is 2.62. The van der Waals surface area contributed by atoms with E-state index >= 15 is 0 Å². The topological polar surface area (TPSA) is 19.4 Å². The van der Waals surface area contributed by atoms with Gasteiger partial charge in [0.25, 0.3) is 0 Å². The van der Waals surface area contributed by atoms with Crippen molar-refractivity contribution in [2.24, 2.45) is 0 Å². The summed E-state index contributed by atoms with van der Waals surface area (Å²) < 4.78 is 0. The molecule has 0 atom stereocenters. The van der Waals surface area contributed by atoms with Crippen molar-refractivity contribution in [3.05, 3.63) is 23.4 Å². The Hall–Kier alpha value is -0.800. The monoisotopic (exact) mass is 297 g/mol. The molecule has 0 saturated heterocycles. The third kappa shape index (κ3) is 4.95. The lowest BCUT2D eigenvalue weighted by Crippen LogP contribution is -2.30. The standard InChI is InChI=1S/C16H28ClN3/c1-5-19(6-2)9-8-10-20(7-3)16-14(4)11-15(12-17)13-18-16/h11,13H,5-10,12H2,1-4H3. The largest absolute Gasteiger partial charge is 0.357 e. The minimum atomic E-state index is 0.530. The molecule has 0 aliphatic rings. The van der Waals surface area contributed by atoms with Gasteiger partial charge in [-0.1, -0.05) is 13.8 Å². The fourth-order valence-corrected chi connectivity index (χ4v) is 2.61. The zero-order valence-corrected chi connectivity index (χ0v) is 14.1. The summed E-state index contributed by atoms with van der Waals surface area (Å²) in [4.78, 5) is 9.41. The van der Waals surface area contributed by atoms with Crippen molar-refractivity contribution < 1.29 is 0 Å². The zero-order chi connectivity index (χ0) is 15.0. The molecule has 0 aliphatic carbocycles. The van der Waals surface area contributed by atoms with Crippen molar-refractivity contribution in [3.63, 3.8) is 0 Å². The second kappa shape index (κ2) is 9.19. The minimum absolute atomic E-state index is 0.530. The molecule has 114 valence electrons. The Bertz CT molecular complexity index is 391. The summed E-state index contributed by atoms with van der Waals surface area (Å²) in [6.45, 7) is 14.2. The molecule has 20 heavy (non-hydrogen) atoms. The van der Waals surface area contributed by atoms with Crippen LogP contribution in [-0.4, -0.2) is 42.6 Å². The number of halogens is 1. The van der Waals surface area contributed by atoms with Crippen molar-refractivity contribution in [2.75, 3.05) is 37.6 Å². The van der Waals surface area contributed by atoms with Crippen molar-refractivity contribution in [1.82, 2.24) is 9.88 Å². The molecule has 0 spiro atoms. The average Bonchev–Trinajstić information content (AvgIpc) is 2.48. The first kappa shape index (κ1) is 17.3. The highest BCUT2D eigenvalue weighted by Crippen LogP contribution is 2.19. The molecule has 0 amide bonds. The van der Waals surface area contributed by atoms with Crippen molar-refractivity contribution in [1.29, 1.82) is 0 Å². The number of pyridine rings is 1. The van der Waals surface area contributed by atoms with Crippen LogP contribution in [0, 0.1) is 6.92 Å². The Morgan fingerprint density at radius 3 is 2.30 bits per heavy atom. The van der Waals surface area contributed by atoms with E-state index in [-0.39, 0.29) is 0 Å². The number of rotatable bonds is 9. The van der Waals surface area contributed by atoms with E-state index < -0.39 is 0 Å². The maximum Gasteiger partial charge on any atom is 0.131 e. The van der Waals surface area contributed by atoms with Gasteiger partial charge in [0.2, 0.25) is 0 Å². The third-order valence-corrected chi connectivity index (χ3v) is 4.05. The van der Waals surface area contributed by atoms with E-state index in [9.17, 15) is 0 Å². The van der Waals surface area contributed by atoms with Crippen molar-refractivity contribution >= 4 is 17.4 Å². The van der Waals surface area contributed by atoms with Crippen LogP contribution in [0.4, 0.5) is 5.82 Å². The summed E-state index contributed by atoms with van der Waals surface area (Å²) in [5.74, 6) is 1.63.